The standard InChI is InChI=1S/C17H14O3/c1-19-16-10-14(15(12-18)11-17(16)20-2)9-8-13-6-4-3-5-7-13/h3-7,10-12H,1-2H3. The minimum absolute atomic E-state index is 0.478. The Labute approximate surface area is 118 Å². The Balaban J connectivity index is 2.46. The highest BCUT2D eigenvalue weighted by Crippen LogP contribution is 2.29. The molecule has 0 saturated heterocycles. The molecule has 20 heavy (non-hydrogen) atoms. The maximum absolute atomic E-state index is 11.1. The van der Waals surface area contributed by atoms with Crippen molar-refractivity contribution in [3.8, 4) is 23.3 Å². The van der Waals surface area contributed by atoms with Crippen molar-refractivity contribution in [1.29, 1.82) is 0 Å². The lowest BCUT2D eigenvalue weighted by atomic mass is 10.1. The normalized spacial score (nSPS) is 9.30. The molecule has 0 radical (unpaired) electrons. The molecule has 0 N–H and O–H groups in total. The number of ether oxygens (including phenoxy) is 2. The van der Waals surface area contributed by atoms with Crippen molar-refractivity contribution < 1.29 is 14.3 Å². The van der Waals surface area contributed by atoms with Crippen LogP contribution in [0, 0.1) is 11.8 Å². The van der Waals surface area contributed by atoms with Gasteiger partial charge in [-0.05, 0) is 18.2 Å². The van der Waals surface area contributed by atoms with E-state index in [1.807, 2.05) is 30.3 Å². The van der Waals surface area contributed by atoms with Gasteiger partial charge >= 0.3 is 0 Å². The van der Waals surface area contributed by atoms with Gasteiger partial charge in [0.05, 0.1) is 14.2 Å². The van der Waals surface area contributed by atoms with E-state index in [0.717, 1.165) is 11.8 Å². The van der Waals surface area contributed by atoms with Crippen molar-refractivity contribution in [3.05, 3.63) is 59.2 Å². The van der Waals surface area contributed by atoms with E-state index in [-0.39, 0.29) is 0 Å². The molecule has 0 saturated carbocycles. The van der Waals surface area contributed by atoms with Crippen molar-refractivity contribution in [2.45, 2.75) is 0 Å². The maximum atomic E-state index is 11.1. The van der Waals surface area contributed by atoms with Gasteiger partial charge < -0.3 is 9.47 Å². The summed E-state index contributed by atoms with van der Waals surface area (Å²) in [7, 11) is 3.08. The summed E-state index contributed by atoms with van der Waals surface area (Å²) >= 11 is 0. The molecule has 0 aliphatic carbocycles. The topological polar surface area (TPSA) is 35.5 Å². The molecule has 3 heteroatoms. The highest BCUT2D eigenvalue weighted by Gasteiger charge is 2.09. The number of carbonyl (C=O) groups is 1. The number of carbonyl (C=O) groups excluding carboxylic acids is 1. The highest BCUT2D eigenvalue weighted by molar-refractivity contribution is 5.81. The zero-order valence-corrected chi connectivity index (χ0v) is 11.3. The molecule has 0 unspecified atom stereocenters. The zero-order valence-electron chi connectivity index (χ0n) is 11.3. The van der Waals surface area contributed by atoms with Crippen molar-refractivity contribution in [2.24, 2.45) is 0 Å². The summed E-state index contributed by atoms with van der Waals surface area (Å²) in [5.74, 6) is 7.07. The summed E-state index contributed by atoms with van der Waals surface area (Å²) in [4.78, 5) is 11.1. The first kappa shape index (κ1) is 13.7. The summed E-state index contributed by atoms with van der Waals surface area (Å²) in [6.07, 6.45) is 0.761. The summed E-state index contributed by atoms with van der Waals surface area (Å²) < 4.78 is 10.4. The predicted molar refractivity (Wildman–Crippen MR) is 77.4 cm³/mol. The van der Waals surface area contributed by atoms with E-state index >= 15 is 0 Å². The molecule has 2 aromatic carbocycles. The highest BCUT2D eigenvalue weighted by atomic mass is 16.5. The zero-order chi connectivity index (χ0) is 14.4. The van der Waals surface area contributed by atoms with Crippen LogP contribution in [0.15, 0.2) is 42.5 Å². The van der Waals surface area contributed by atoms with Crippen LogP contribution in [0.4, 0.5) is 0 Å². The lowest BCUT2D eigenvalue weighted by Gasteiger charge is -2.09. The predicted octanol–water partition coefficient (Wildman–Crippen LogP) is 2.92. The number of methoxy groups -OCH3 is 2. The lowest BCUT2D eigenvalue weighted by molar-refractivity contribution is 0.112. The number of hydrogen-bond donors (Lipinski definition) is 0. The second kappa shape index (κ2) is 6.44. The number of rotatable bonds is 3. The van der Waals surface area contributed by atoms with E-state index in [1.54, 1.807) is 19.2 Å². The lowest BCUT2D eigenvalue weighted by Crippen LogP contribution is -1.95. The molecule has 0 fully saturated rings. The van der Waals surface area contributed by atoms with E-state index in [9.17, 15) is 4.79 Å². The van der Waals surface area contributed by atoms with Gasteiger partial charge in [-0.2, -0.15) is 0 Å². The van der Waals surface area contributed by atoms with Gasteiger partial charge in [0.25, 0.3) is 0 Å². The van der Waals surface area contributed by atoms with Gasteiger partial charge in [-0.1, -0.05) is 30.0 Å². The first-order valence-corrected chi connectivity index (χ1v) is 6.06. The number of hydrogen-bond acceptors (Lipinski definition) is 3. The summed E-state index contributed by atoms with van der Waals surface area (Å²) in [5, 5.41) is 0. The molecular weight excluding hydrogens is 252 g/mol. The van der Waals surface area contributed by atoms with Crippen LogP contribution in [0.3, 0.4) is 0 Å². The molecule has 0 aromatic heterocycles. The monoisotopic (exact) mass is 266 g/mol. The van der Waals surface area contributed by atoms with E-state index < -0.39 is 0 Å². The van der Waals surface area contributed by atoms with E-state index in [2.05, 4.69) is 11.8 Å². The molecule has 0 heterocycles. The molecule has 0 atom stereocenters. The van der Waals surface area contributed by atoms with Gasteiger partial charge in [0.15, 0.2) is 17.8 Å². The first-order valence-electron chi connectivity index (χ1n) is 6.06. The van der Waals surface area contributed by atoms with Crippen molar-refractivity contribution >= 4 is 6.29 Å². The second-order valence-electron chi connectivity index (χ2n) is 4.03. The molecule has 100 valence electrons. The average Bonchev–Trinajstić information content (AvgIpc) is 2.52. The first-order chi connectivity index (χ1) is 9.78. The van der Waals surface area contributed by atoms with Gasteiger partial charge in [-0.25, -0.2) is 0 Å². The van der Waals surface area contributed by atoms with Gasteiger partial charge in [0.2, 0.25) is 0 Å². The van der Waals surface area contributed by atoms with Crippen LogP contribution in [-0.2, 0) is 0 Å². The fourth-order valence-corrected chi connectivity index (χ4v) is 1.76. The molecule has 0 spiro atoms. The SMILES string of the molecule is COc1cc(C#Cc2ccccc2)c(C=O)cc1OC. The van der Waals surface area contributed by atoms with Crippen molar-refractivity contribution in [3.63, 3.8) is 0 Å². The van der Waals surface area contributed by atoms with E-state index in [1.165, 1.54) is 7.11 Å². The van der Waals surface area contributed by atoms with Gasteiger partial charge in [0, 0.05) is 22.8 Å². The fourth-order valence-electron chi connectivity index (χ4n) is 1.76. The third-order valence-electron chi connectivity index (χ3n) is 2.80. The number of benzene rings is 2. The summed E-state index contributed by atoms with van der Waals surface area (Å²) in [6.45, 7) is 0. The van der Waals surface area contributed by atoms with Crippen LogP contribution in [0.2, 0.25) is 0 Å². The third-order valence-corrected chi connectivity index (χ3v) is 2.80. The Hall–Kier alpha value is -2.73. The van der Waals surface area contributed by atoms with Crippen LogP contribution in [-0.4, -0.2) is 20.5 Å². The Morgan fingerprint density at radius 3 is 2.20 bits per heavy atom. The molecule has 3 nitrogen and oxygen atoms in total. The summed E-state index contributed by atoms with van der Waals surface area (Å²) in [6, 6.07) is 12.9. The minimum Gasteiger partial charge on any atom is -0.493 e. The van der Waals surface area contributed by atoms with Crippen molar-refractivity contribution in [2.75, 3.05) is 14.2 Å². The number of aldehydes is 1. The Morgan fingerprint density at radius 1 is 0.950 bits per heavy atom. The minimum atomic E-state index is 0.478. The van der Waals surface area contributed by atoms with E-state index in [4.69, 9.17) is 9.47 Å². The third kappa shape index (κ3) is 2.99. The maximum Gasteiger partial charge on any atom is 0.162 e. The van der Waals surface area contributed by atoms with Crippen LogP contribution in [0.1, 0.15) is 21.5 Å². The van der Waals surface area contributed by atoms with Gasteiger partial charge in [0.1, 0.15) is 0 Å². The molecule has 0 aliphatic rings. The molecule has 0 aliphatic heterocycles. The molecule has 0 amide bonds. The van der Waals surface area contributed by atoms with Crippen molar-refractivity contribution in [1.82, 2.24) is 0 Å². The van der Waals surface area contributed by atoms with Crippen LogP contribution in [0.5, 0.6) is 11.5 Å². The van der Waals surface area contributed by atoms with Gasteiger partial charge in [-0.3, -0.25) is 4.79 Å². The Bertz CT molecular complexity index is 664. The quantitative estimate of drug-likeness (QED) is 0.633. The fraction of sp³-hybridized carbons (Fsp3) is 0.118. The Morgan fingerprint density at radius 2 is 1.60 bits per heavy atom. The smallest absolute Gasteiger partial charge is 0.162 e. The largest absolute Gasteiger partial charge is 0.493 e. The molecule has 2 aromatic rings. The van der Waals surface area contributed by atoms with Crippen LogP contribution in [0.25, 0.3) is 0 Å². The molecule has 2 rings (SSSR count). The Kier molecular flexibility index (Phi) is 4.41. The average molecular weight is 266 g/mol. The van der Waals surface area contributed by atoms with E-state index in [0.29, 0.717) is 22.6 Å². The van der Waals surface area contributed by atoms with Gasteiger partial charge in [-0.15, -0.1) is 0 Å². The second-order valence-corrected chi connectivity index (χ2v) is 4.03. The molecule has 0 bridgehead atoms. The molecular formula is C17H14O3. The summed E-state index contributed by atoms with van der Waals surface area (Å²) in [5.41, 5.74) is 1.98. The van der Waals surface area contributed by atoms with Crippen LogP contribution < -0.4 is 9.47 Å². The van der Waals surface area contributed by atoms with Crippen LogP contribution >= 0.6 is 0 Å².